The Bertz CT molecular complexity index is 557. The van der Waals surface area contributed by atoms with E-state index in [9.17, 15) is 0 Å². The summed E-state index contributed by atoms with van der Waals surface area (Å²) >= 11 is 1.58. The van der Waals surface area contributed by atoms with Crippen LogP contribution in [0.2, 0.25) is 0 Å². The van der Waals surface area contributed by atoms with Crippen molar-refractivity contribution in [2.24, 2.45) is 5.84 Å². The first-order valence-electron chi connectivity index (χ1n) is 6.71. The first-order chi connectivity index (χ1) is 9.65. The van der Waals surface area contributed by atoms with Crippen LogP contribution in [0.1, 0.15) is 26.1 Å². The molecule has 0 amide bonds. The number of fused-ring (bicyclic) bond motifs is 1. The van der Waals surface area contributed by atoms with Gasteiger partial charge in [0.05, 0.1) is 11.9 Å². The zero-order valence-corrected chi connectivity index (χ0v) is 12.7. The molecule has 20 heavy (non-hydrogen) atoms. The monoisotopic (exact) mass is 295 g/mol. The maximum atomic E-state index is 8.98. The van der Waals surface area contributed by atoms with E-state index in [1.807, 2.05) is 11.4 Å². The number of aliphatic hydroxyl groups excluding tert-OH is 1. The Balaban J connectivity index is 2.22. The topological polar surface area (TPSA) is 87.3 Å². The van der Waals surface area contributed by atoms with Gasteiger partial charge < -0.3 is 10.5 Å². The number of hydrogen-bond acceptors (Lipinski definition) is 7. The molecule has 0 atom stereocenters. The van der Waals surface area contributed by atoms with Crippen molar-refractivity contribution in [3.05, 3.63) is 17.3 Å². The highest BCUT2D eigenvalue weighted by Crippen LogP contribution is 2.24. The molecule has 0 saturated heterocycles. The lowest BCUT2D eigenvalue weighted by Gasteiger charge is -2.25. The molecule has 0 aliphatic carbocycles. The minimum atomic E-state index is 0.198. The second-order valence-corrected chi connectivity index (χ2v) is 5.81. The van der Waals surface area contributed by atoms with E-state index in [2.05, 4.69) is 34.1 Å². The van der Waals surface area contributed by atoms with Gasteiger partial charge in [0.25, 0.3) is 0 Å². The van der Waals surface area contributed by atoms with Crippen LogP contribution in [0.25, 0.3) is 10.2 Å². The molecule has 2 aromatic heterocycles. The second-order valence-electron chi connectivity index (χ2n) is 4.91. The molecule has 0 aliphatic rings. The van der Waals surface area contributed by atoms with Gasteiger partial charge >= 0.3 is 0 Å². The molecule has 0 saturated carbocycles. The number of rotatable bonds is 7. The normalized spacial score (nSPS) is 11.7. The maximum absolute atomic E-state index is 8.98. The molecule has 4 N–H and O–H groups in total. The Hall–Kier alpha value is -1.28. The largest absolute Gasteiger partial charge is 0.396 e. The Kier molecular flexibility index (Phi) is 5.24. The van der Waals surface area contributed by atoms with E-state index >= 15 is 0 Å². The van der Waals surface area contributed by atoms with Crippen LogP contribution >= 0.6 is 11.3 Å². The van der Waals surface area contributed by atoms with E-state index in [1.54, 1.807) is 11.3 Å². The summed E-state index contributed by atoms with van der Waals surface area (Å²) in [6, 6.07) is 2.34. The second kappa shape index (κ2) is 6.94. The fourth-order valence-electron chi connectivity index (χ4n) is 2.06. The fraction of sp³-hybridized carbons (Fsp3) is 0.538. The van der Waals surface area contributed by atoms with Crippen molar-refractivity contribution in [1.29, 1.82) is 0 Å². The molecule has 0 aliphatic heterocycles. The fourth-order valence-corrected chi connectivity index (χ4v) is 2.84. The average Bonchev–Trinajstić information content (AvgIpc) is 2.90. The number of nitrogen functional groups attached to an aromatic ring is 1. The third kappa shape index (κ3) is 3.43. The van der Waals surface area contributed by atoms with Crippen LogP contribution in [0, 0.1) is 0 Å². The number of hydrazine groups is 1. The van der Waals surface area contributed by atoms with Crippen molar-refractivity contribution < 1.29 is 5.11 Å². The molecule has 0 unspecified atom stereocenters. The summed E-state index contributed by atoms with van der Waals surface area (Å²) in [5.74, 6) is 6.95. The molecule has 2 heterocycles. The lowest BCUT2D eigenvalue weighted by Crippen LogP contribution is -2.32. The van der Waals surface area contributed by atoms with Gasteiger partial charge in [-0.25, -0.2) is 15.8 Å². The van der Waals surface area contributed by atoms with Gasteiger partial charge in [-0.2, -0.15) is 0 Å². The minimum Gasteiger partial charge on any atom is -0.396 e. The smallest absolute Gasteiger partial charge is 0.152 e. The molecule has 0 bridgehead atoms. The first-order valence-corrected chi connectivity index (χ1v) is 7.59. The molecule has 6 nitrogen and oxygen atoms in total. The maximum Gasteiger partial charge on any atom is 0.152 e. The molecule has 0 radical (unpaired) electrons. The van der Waals surface area contributed by atoms with Gasteiger partial charge in [0.2, 0.25) is 0 Å². The molecular formula is C13H21N5OS. The highest BCUT2D eigenvalue weighted by atomic mass is 32.1. The Labute approximate surface area is 122 Å². The number of nitrogens with one attached hydrogen (secondary N) is 1. The molecule has 0 spiro atoms. The third-order valence-electron chi connectivity index (χ3n) is 3.19. The molecule has 2 aromatic rings. The van der Waals surface area contributed by atoms with Crippen molar-refractivity contribution in [2.45, 2.75) is 32.9 Å². The number of aromatic nitrogens is 2. The highest BCUT2D eigenvalue weighted by molar-refractivity contribution is 7.16. The number of hydrogen-bond donors (Lipinski definition) is 3. The van der Waals surface area contributed by atoms with Gasteiger partial charge in [0.1, 0.15) is 10.7 Å². The predicted molar refractivity (Wildman–Crippen MR) is 82.5 cm³/mol. The Morgan fingerprint density at radius 1 is 1.45 bits per heavy atom. The van der Waals surface area contributed by atoms with E-state index < -0.39 is 0 Å². The molecule has 2 rings (SSSR count). The summed E-state index contributed by atoms with van der Waals surface area (Å²) in [6.45, 7) is 5.93. The van der Waals surface area contributed by atoms with Crippen molar-refractivity contribution >= 4 is 27.4 Å². The van der Waals surface area contributed by atoms with Gasteiger partial charge in [-0.3, -0.25) is 4.90 Å². The average molecular weight is 295 g/mol. The van der Waals surface area contributed by atoms with Gasteiger partial charge in [0, 0.05) is 19.2 Å². The predicted octanol–water partition coefficient (Wildman–Crippen LogP) is 1.57. The standard InChI is InChI=1S/C13H21N5OS/c1-9(2)18(5-3-6-19)8-11-15-12(17-14)10-4-7-20-13(10)16-11/h4,7,9,19H,3,5-6,8,14H2,1-2H3,(H,15,16,17). The number of nitrogens with zero attached hydrogens (tertiary/aromatic N) is 3. The molecule has 7 heteroatoms. The van der Waals surface area contributed by atoms with Crippen molar-refractivity contribution in [3.8, 4) is 0 Å². The Morgan fingerprint density at radius 2 is 2.25 bits per heavy atom. The lowest BCUT2D eigenvalue weighted by atomic mass is 10.2. The number of nitrogens with two attached hydrogens (primary N) is 1. The van der Waals surface area contributed by atoms with Crippen LogP contribution < -0.4 is 11.3 Å². The summed E-state index contributed by atoms with van der Waals surface area (Å²) < 4.78 is 0. The van der Waals surface area contributed by atoms with Crippen LogP contribution in [0.5, 0.6) is 0 Å². The van der Waals surface area contributed by atoms with E-state index in [0.29, 0.717) is 18.4 Å². The summed E-state index contributed by atoms with van der Waals surface area (Å²) in [7, 11) is 0. The van der Waals surface area contributed by atoms with Crippen LogP contribution in [0.3, 0.4) is 0 Å². The SMILES string of the molecule is CC(C)N(CCCO)Cc1nc(NN)c2ccsc2n1. The zero-order chi connectivity index (χ0) is 14.5. The van der Waals surface area contributed by atoms with Crippen LogP contribution in [0.4, 0.5) is 5.82 Å². The molecular weight excluding hydrogens is 274 g/mol. The summed E-state index contributed by atoms with van der Waals surface area (Å²) in [4.78, 5) is 12.2. The summed E-state index contributed by atoms with van der Waals surface area (Å²) in [5.41, 5.74) is 2.64. The minimum absolute atomic E-state index is 0.198. The zero-order valence-electron chi connectivity index (χ0n) is 11.8. The number of aliphatic hydroxyl groups is 1. The summed E-state index contributed by atoms with van der Waals surface area (Å²) in [6.07, 6.45) is 0.751. The third-order valence-corrected chi connectivity index (χ3v) is 3.99. The van der Waals surface area contributed by atoms with Crippen LogP contribution in [0.15, 0.2) is 11.4 Å². The van der Waals surface area contributed by atoms with Gasteiger partial charge in [-0.15, -0.1) is 11.3 Å². The first kappa shape index (κ1) is 15.1. The number of anilines is 1. The van der Waals surface area contributed by atoms with Crippen LogP contribution in [-0.4, -0.2) is 39.2 Å². The molecule has 0 fully saturated rings. The lowest BCUT2D eigenvalue weighted by molar-refractivity contribution is 0.181. The van der Waals surface area contributed by atoms with Gasteiger partial charge in [0.15, 0.2) is 5.82 Å². The van der Waals surface area contributed by atoms with Crippen molar-refractivity contribution in [3.63, 3.8) is 0 Å². The van der Waals surface area contributed by atoms with Crippen molar-refractivity contribution in [1.82, 2.24) is 14.9 Å². The quantitative estimate of drug-likeness (QED) is 0.531. The van der Waals surface area contributed by atoms with E-state index in [1.165, 1.54) is 0 Å². The van der Waals surface area contributed by atoms with Crippen LogP contribution in [-0.2, 0) is 6.54 Å². The van der Waals surface area contributed by atoms with E-state index in [4.69, 9.17) is 10.9 Å². The molecule has 110 valence electrons. The van der Waals surface area contributed by atoms with Crippen molar-refractivity contribution in [2.75, 3.05) is 18.6 Å². The Morgan fingerprint density at radius 3 is 2.90 bits per heavy atom. The summed E-state index contributed by atoms with van der Waals surface area (Å²) in [5, 5.41) is 11.9. The number of thiophene rings is 1. The van der Waals surface area contributed by atoms with E-state index in [0.717, 1.165) is 29.0 Å². The van der Waals surface area contributed by atoms with Gasteiger partial charge in [-0.05, 0) is 31.7 Å². The van der Waals surface area contributed by atoms with E-state index in [-0.39, 0.29) is 6.61 Å². The van der Waals surface area contributed by atoms with Gasteiger partial charge in [-0.1, -0.05) is 0 Å². The molecule has 0 aromatic carbocycles. The highest BCUT2D eigenvalue weighted by Gasteiger charge is 2.14.